The first-order chi connectivity index (χ1) is 9.08. The number of anilines is 2. The Kier molecular flexibility index (Phi) is 4.31. The molecule has 1 fully saturated rings. The van der Waals surface area contributed by atoms with E-state index in [0.29, 0.717) is 23.1 Å². The summed E-state index contributed by atoms with van der Waals surface area (Å²) >= 11 is 1.37. The van der Waals surface area contributed by atoms with Crippen molar-refractivity contribution in [1.29, 1.82) is 0 Å². The molecule has 0 aliphatic heterocycles. The number of carbonyl (C=O) groups is 1. The maximum atomic E-state index is 11.4. The lowest BCUT2D eigenvalue weighted by molar-refractivity contribution is 0.100. The van der Waals surface area contributed by atoms with Gasteiger partial charge in [-0.1, -0.05) is 6.92 Å². The Labute approximate surface area is 117 Å². The number of primary amides is 1. The van der Waals surface area contributed by atoms with Gasteiger partial charge in [0.2, 0.25) is 0 Å². The van der Waals surface area contributed by atoms with Gasteiger partial charge in [0.05, 0.1) is 17.3 Å². The number of rotatable bonds is 7. The van der Waals surface area contributed by atoms with Crippen molar-refractivity contribution in [1.82, 2.24) is 0 Å². The minimum atomic E-state index is -0.447. The van der Waals surface area contributed by atoms with E-state index in [2.05, 4.69) is 12.2 Å². The summed E-state index contributed by atoms with van der Waals surface area (Å²) in [7, 11) is 1.68. The molecule has 0 spiro atoms. The highest BCUT2D eigenvalue weighted by Crippen LogP contribution is 2.50. The lowest BCUT2D eigenvalue weighted by Crippen LogP contribution is -2.23. The molecule has 0 aromatic carbocycles. The van der Waals surface area contributed by atoms with Crippen LogP contribution in [-0.2, 0) is 4.74 Å². The summed E-state index contributed by atoms with van der Waals surface area (Å²) in [6, 6.07) is 0.223. The molecule has 5 nitrogen and oxygen atoms in total. The summed E-state index contributed by atoms with van der Waals surface area (Å²) in [5, 5.41) is 4.43. The van der Waals surface area contributed by atoms with Crippen molar-refractivity contribution in [2.24, 2.45) is 5.73 Å². The number of carbonyl (C=O) groups excluding carboxylic acids is 1. The minimum Gasteiger partial charge on any atom is -0.397 e. The third kappa shape index (κ3) is 3.01. The predicted molar refractivity (Wildman–Crippen MR) is 78.8 cm³/mol. The molecule has 2 rings (SSSR count). The second kappa shape index (κ2) is 5.79. The molecule has 1 amide bonds. The SMILES string of the molecule is CCC(COC)Nc1sc(C(N)=O)c(N)c1C1CC1. The van der Waals surface area contributed by atoms with Gasteiger partial charge in [-0.05, 0) is 25.2 Å². The van der Waals surface area contributed by atoms with E-state index in [1.165, 1.54) is 11.3 Å². The number of nitrogens with one attached hydrogen (secondary N) is 1. The second-order valence-corrected chi connectivity index (χ2v) is 5.95. The van der Waals surface area contributed by atoms with Gasteiger partial charge < -0.3 is 21.5 Å². The maximum Gasteiger partial charge on any atom is 0.260 e. The first-order valence-electron chi connectivity index (χ1n) is 6.55. The summed E-state index contributed by atoms with van der Waals surface area (Å²) in [5.74, 6) is 0.0316. The van der Waals surface area contributed by atoms with Crippen LogP contribution in [0.5, 0.6) is 0 Å². The number of nitrogens with two attached hydrogens (primary N) is 2. The van der Waals surface area contributed by atoms with Crippen molar-refractivity contribution in [2.75, 3.05) is 24.8 Å². The van der Waals surface area contributed by atoms with Crippen LogP contribution >= 0.6 is 11.3 Å². The fraction of sp³-hybridized carbons (Fsp3) is 0.615. The van der Waals surface area contributed by atoms with E-state index >= 15 is 0 Å². The molecule has 6 heteroatoms. The molecular weight excluding hydrogens is 262 g/mol. The van der Waals surface area contributed by atoms with Gasteiger partial charge in [-0.15, -0.1) is 11.3 Å². The quantitative estimate of drug-likeness (QED) is 0.715. The largest absolute Gasteiger partial charge is 0.397 e. The van der Waals surface area contributed by atoms with Gasteiger partial charge in [-0.25, -0.2) is 0 Å². The van der Waals surface area contributed by atoms with Crippen molar-refractivity contribution in [3.05, 3.63) is 10.4 Å². The molecule has 0 saturated heterocycles. The first kappa shape index (κ1) is 14.1. The Hall–Kier alpha value is -1.27. The van der Waals surface area contributed by atoms with Crippen molar-refractivity contribution >= 4 is 27.9 Å². The summed E-state index contributed by atoms with van der Waals surface area (Å²) in [6.45, 7) is 2.73. The Morgan fingerprint density at radius 2 is 2.26 bits per heavy atom. The zero-order valence-electron chi connectivity index (χ0n) is 11.4. The third-order valence-corrected chi connectivity index (χ3v) is 4.56. The third-order valence-electron chi connectivity index (χ3n) is 3.39. The number of methoxy groups -OCH3 is 1. The Balaban J connectivity index is 2.27. The van der Waals surface area contributed by atoms with Crippen LogP contribution in [0.3, 0.4) is 0 Å². The van der Waals surface area contributed by atoms with Crippen LogP contribution in [0.15, 0.2) is 0 Å². The highest BCUT2D eigenvalue weighted by molar-refractivity contribution is 7.18. The molecule has 1 heterocycles. The van der Waals surface area contributed by atoms with Gasteiger partial charge in [0, 0.05) is 18.7 Å². The molecule has 0 radical (unpaired) electrons. The number of hydrogen-bond donors (Lipinski definition) is 3. The molecular formula is C13H21N3O2S. The number of ether oxygens (including phenoxy) is 1. The molecule has 1 unspecified atom stereocenters. The van der Waals surface area contributed by atoms with Crippen LogP contribution in [-0.4, -0.2) is 25.7 Å². The maximum absolute atomic E-state index is 11.4. The Bertz CT molecular complexity index is 469. The molecule has 1 atom stereocenters. The highest BCUT2D eigenvalue weighted by atomic mass is 32.1. The zero-order valence-corrected chi connectivity index (χ0v) is 12.2. The molecule has 1 aromatic heterocycles. The molecule has 1 aromatic rings. The standard InChI is InChI=1S/C13H21N3O2S/c1-3-8(6-18-2)16-13-9(7-4-5-7)10(14)11(19-13)12(15)17/h7-8,16H,3-6,14H2,1-2H3,(H2,15,17). The van der Waals surface area contributed by atoms with E-state index in [1.54, 1.807) is 7.11 Å². The van der Waals surface area contributed by atoms with E-state index in [9.17, 15) is 4.79 Å². The number of nitrogen functional groups attached to an aromatic ring is 1. The van der Waals surface area contributed by atoms with Crippen molar-refractivity contribution in [3.8, 4) is 0 Å². The fourth-order valence-electron chi connectivity index (χ4n) is 2.17. The van der Waals surface area contributed by atoms with E-state index in [-0.39, 0.29) is 6.04 Å². The number of thiophene rings is 1. The normalized spacial score (nSPS) is 16.3. The van der Waals surface area contributed by atoms with E-state index in [1.807, 2.05) is 0 Å². The summed E-state index contributed by atoms with van der Waals surface area (Å²) in [4.78, 5) is 11.9. The number of hydrogen-bond acceptors (Lipinski definition) is 5. The van der Waals surface area contributed by atoms with Crippen molar-refractivity contribution in [2.45, 2.75) is 38.1 Å². The molecule has 5 N–H and O–H groups in total. The van der Waals surface area contributed by atoms with Crippen LogP contribution < -0.4 is 16.8 Å². The molecule has 1 saturated carbocycles. The Morgan fingerprint density at radius 1 is 1.58 bits per heavy atom. The van der Waals surface area contributed by atoms with E-state index in [4.69, 9.17) is 16.2 Å². The van der Waals surface area contributed by atoms with Gasteiger partial charge in [0.15, 0.2) is 0 Å². The highest BCUT2D eigenvalue weighted by Gasteiger charge is 2.32. The topological polar surface area (TPSA) is 90.4 Å². The van der Waals surface area contributed by atoms with Gasteiger partial charge in [0.1, 0.15) is 4.88 Å². The molecule has 106 valence electrons. The second-order valence-electron chi connectivity index (χ2n) is 4.93. The lowest BCUT2D eigenvalue weighted by atomic mass is 10.1. The summed E-state index contributed by atoms with van der Waals surface area (Å²) < 4.78 is 5.19. The average molecular weight is 283 g/mol. The fourth-order valence-corrected chi connectivity index (χ4v) is 3.31. The van der Waals surface area contributed by atoms with Crippen molar-refractivity contribution in [3.63, 3.8) is 0 Å². The van der Waals surface area contributed by atoms with Crippen LogP contribution in [0.4, 0.5) is 10.7 Å². The average Bonchev–Trinajstić information content (AvgIpc) is 3.14. The van der Waals surface area contributed by atoms with Crippen LogP contribution in [0.25, 0.3) is 0 Å². The van der Waals surface area contributed by atoms with Gasteiger partial charge >= 0.3 is 0 Å². The van der Waals surface area contributed by atoms with Crippen LogP contribution in [0.1, 0.15) is 47.3 Å². The van der Waals surface area contributed by atoms with Crippen LogP contribution in [0.2, 0.25) is 0 Å². The molecule has 1 aliphatic rings. The predicted octanol–water partition coefficient (Wildman–Crippen LogP) is 2.14. The zero-order chi connectivity index (χ0) is 14.0. The number of amides is 1. The first-order valence-corrected chi connectivity index (χ1v) is 7.37. The molecule has 19 heavy (non-hydrogen) atoms. The Morgan fingerprint density at radius 3 is 2.74 bits per heavy atom. The summed E-state index contributed by atoms with van der Waals surface area (Å²) in [5.41, 5.74) is 13.1. The van der Waals surface area contributed by atoms with Gasteiger partial charge in [-0.2, -0.15) is 0 Å². The van der Waals surface area contributed by atoms with Crippen LogP contribution in [0, 0.1) is 0 Å². The van der Waals surface area contributed by atoms with Crippen molar-refractivity contribution < 1.29 is 9.53 Å². The molecule has 1 aliphatic carbocycles. The van der Waals surface area contributed by atoms with Gasteiger partial charge in [0.25, 0.3) is 5.91 Å². The lowest BCUT2D eigenvalue weighted by Gasteiger charge is -2.17. The minimum absolute atomic E-state index is 0.223. The van der Waals surface area contributed by atoms with E-state index in [0.717, 1.165) is 29.8 Å². The van der Waals surface area contributed by atoms with E-state index < -0.39 is 5.91 Å². The molecule has 0 bridgehead atoms. The summed E-state index contributed by atoms with van der Waals surface area (Å²) in [6.07, 6.45) is 3.21. The monoisotopic (exact) mass is 283 g/mol. The smallest absolute Gasteiger partial charge is 0.260 e. The van der Waals surface area contributed by atoms with Gasteiger partial charge in [-0.3, -0.25) is 4.79 Å².